The minimum Gasteiger partial charge on any atom is -0.488 e. The summed E-state index contributed by atoms with van der Waals surface area (Å²) in [6.45, 7) is 0.164. The average molecular weight is 245 g/mol. The van der Waals surface area contributed by atoms with Crippen LogP contribution in [0.2, 0.25) is 0 Å². The van der Waals surface area contributed by atoms with Gasteiger partial charge in [-0.1, -0.05) is 11.6 Å². The largest absolute Gasteiger partial charge is 0.488 e. The molecule has 1 heterocycles. The zero-order valence-electron chi connectivity index (χ0n) is 7.50. The Balaban J connectivity index is 2.49. The van der Waals surface area contributed by atoms with Gasteiger partial charge < -0.3 is 4.74 Å². The highest BCUT2D eigenvalue weighted by Crippen LogP contribution is 2.31. The lowest BCUT2D eigenvalue weighted by Crippen LogP contribution is -2.18. The maximum Gasteiger partial charge on any atom is 0.197 e. The number of halogens is 2. The predicted molar refractivity (Wildman–Crippen MR) is 57.2 cm³/mol. The first kappa shape index (κ1) is 10.5. The smallest absolute Gasteiger partial charge is 0.197 e. The van der Waals surface area contributed by atoms with Crippen molar-refractivity contribution in [3.8, 4) is 5.75 Å². The van der Waals surface area contributed by atoms with Crippen molar-refractivity contribution in [1.82, 2.24) is 0 Å². The molecule has 0 aromatic heterocycles. The van der Waals surface area contributed by atoms with Crippen LogP contribution in [-0.4, -0.2) is 12.4 Å². The summed E-state index contributed by atoms with van der Waals surface area (Å²) in [5.41, 5.74) is 1.93. The number of ether oxygens (including phenoxy) is 1. The van der Waals surface area contributed by atoms with Gasteiger partial charge in [0.25, 0.3) is 0 Å². The lowest BCUT2D eigenvalue weighted by atomic mass is 10.0. The van der Waals surface area contributed by atoms with Crippen LogP contribution in [0.15, 0.2) is 34.2 Å². The number of ketones is 1. The molecular formula is C10H6ClFO2S. The number of hydrogen-bond donors (Lipinski definition) is 0. The van der Waals surface area contributed by atoms with E-state index in [1.165, 1.54) is 11.6 Å². The standard InChI is InChI=1S/C10H6ClFO2S/c11-4-6-5-14-9-2-1-7(15-12)3-8(9)10(6)13/h1-4H,5H2/b6-4+. The molecular weight excluding hydrogens is 239 g/mol. The number of benzene rings is 1. The second-order valence-corrected chi connectivity index (χ2v) is 3.83. The summed E-state index contributed by atoms with van der Waals surface area (Å²) in [5, 5.41) is 0. The van der Waals surface area contributed by atoms with E-state index in [-0.39, 0.29) is 24.5 Å². The third kappa shape index (κ3) is 1.87. The maximum absolute atomic E-state index is 12.3. The van der Waals surface area contributed by atoms with Crippen LogP contribution < -0.4 is 4.74 Å². The van der Waals surface area contributed by atoms with Crippen LogP contribution in [0.25, 0.3) is 0 Å². The molecule has 15 heavy (non-hydrogen) atoms. The van der Waals surface area contributed by atoms with Gasteiger partial charge in [-0.3, -0.25) is 4.79 Å². The Kier molecular flexibility index (Phi) is 2.98. The van der Waals surface area contributed by atoms with Crippen molar-refractivity contribution >= 4 is 29.5 Å². The van der Waals surface area contributed by atoms with Gasteiger partial charge in [0, 0.05) is 16.0 Å². The predicted octanol–water partition coefficient (Wildman–Crippen LogP) is 3.36. The van der Waals surface area contributed by atoms with E-state index >= 15 is 0 Å². The summed E-state index contributed by atoms with van der Waals surface area (Å²) in [6, 6.07) is 4.61. The molecule has 1 aromatic carbocycles. The molecule has 0 saturated heterocycles. The molecule has 2 rings (SSSR count). The number of carbonyl (C=O) groups is 1. The van der Waals surface area contributed by atoms with Crippen LogP contribution in [0.4, 0.5) is 3.89 Å². The third-order valence-electron chi connectivity index (χ3n) is 2.09. The molecule has 1 aliphatic heterocycles. The first-order chi connectivity index (χ1) is 7.26. The van der Waals surface area contributed by atoms with Gasteiger partial charge in [0.05, 0.1) is 17.7 Å². The number of rotatable bonds is 1. The Morgan fingerprint density at radius 2 is 2.33 bits per heavy atom. The Hall–Kier alpha value is -1.00. The van der Waals surface area contributed by atoms with Gasteiger partial charge in [-0.05, 0) is 18.2 Å². The fourth-order valence-corrected chi connectivity index (χ4v) is 1.78. The second-order valence-electron chi connectivity index (χ2n) is 2.99. The van der Waals surface area contributed by atoms with Crippen LogP contribution in [0.1, 0.15) is 10.4 Å². The van der Waals surface area contributed by atoms with Gasteiger partial charge in [0.15, 0.2) is 5.78 Å². The molecule has 0 unspecified atom stereocenters. The molecule has 0 amide bonds. The van der Waals surface area contributed by atoms with Gasteiger partial charge in [0.1, 0.15) is 12.4 Å². The van der Waals surface area contributed by atoms with Crippen molar-refractivity contribution in [2.75, 3.05) is 6.61 Å². The topological polar surface area (TPSA) is 26.3 Å². The molecule has 78 valence electrons. The Morgan fingerprint density at radius 1 is 1.53 bits per heavy atom. The fourth-order valence-electron chi connectivity index (χ4n) is 1.34. The monoisotopic (exact) mass is 244 g/mol. The highest BCUT2D eigenvalue weighted by atomic mass is 35.5. The third-order valence-corrected chi connectivity index (χ3v) is 2.79. The van der Waals surface area contributed by atoms with E-state index in [4.69, 9.17) is 16.3 Å². The van der Waals surface area contributed by atoms with Gasteiger partial charge in [-0.2, -0.15) is 3.89 Å². The van der Waals surface area contributed by atoms with E-state index in [0.29, 0.717) is 21.8 Å². The first-order valence-corrected chi connectivity index (χ1v) is 5.31. The minimum atomic E-state index is -0.206. The minimum absolute atomic E-state index is 0.0923. The van der Waals surface area contributed by atoms with E-state index in [1.807, 2.05) is 0 Å². The number of fused-ring (bicyclic) bond motifs is 1. The highest BCUT2D eigenvalue weighted by molar-refractivity contribution is 7.94. The van der Waals surface area contributed by atoms with Crippen LogP contribution >= 0.6 is 23.7 Å². The van der Waals surface area contributed by atoms with Gasteiger partial charge in [-0.15, -0.1) is 0 Å². The van der Waals surface area contributed by atoms with E-state index in [1.54, 1.807) is 12.1 Å². The SMILES string of the molecule is O=C1/C(=C/Cl)COc2ccc(SF)cc21. The van der Waals surface area contributed by atoms with Crippen molar-refractivity contribution in [3.63, 3.8) is 0 Å². The zero-order valence-corrected chi connectivity index (χ0v) is 9.07. The number of carbonyl (C=O) groups excluding carboxylic acids is 1. The summed E-state index contributed by atoms with van der Waals surface area (Å²) in [4.78, 5) is 12.1. The fraction of sp³-hybridized carbons (Fsp3) is 0.100. The first-order valence-electron chi connectivity index (χ1n) is 4.15. The van der Waals surface area contributed by atoms with Crippen molar-refractivity contribution in [2.24, 2.45) is 0 Å². The lowest BCUT2D eigenvalue weighted by Gasteiger charge is -2.18. The van der Waals surface area contributed by atoms with E-state index in [9.17, 15) is 8.68 Å². The molecule has 1 aromatic rings. The molecule has 0 saturated carbocycles. The summed E-state index contributed by atoms with van der Waals surface area (Å²) in [7, 11) is 0. The normalized spacial score (nSPS) is 17.5. The van der Waals surface area contributed by atoms with Crippen LogP contribution in [0, 0.1) is 0 Å². The molecule has 0 aliphatic carbocycles. The van der Waals surface area contributed by atoms with Gasteiger partial charge in [-0.25, -0.2) is 0 Å². The van der Waals surface area contributed by atoms with Crippen molar-refractivity contribution < 1.29 is 13.4 Å². The van der Waals surface area contributed by atoms with E-state index in [0.717, 1.165) is 0 Å². The van der Waals surface area contributed by atoms with Crippen molar-refractivity contribution in [2.45, 2.75) is 4.90 Å². The average Bonchev–Trinajstić information content (AvgIpc) is 2.29. The second kappa shape index (κ2) is 4.24. The molecule has 5 heteroatoms. The zero-order chi connectivity index (χ0) is 10.8. The number of hydrogen-bond acceptors (Lipinski definition) is 3. The molecule has 0 N–H and O–H groups in total. The van der Waals surface area contributed by atoms with Crippen molar-refractivity contribution in [1.29, 1.82) is 0 Å². The van der Waals surface area contributed by atoms with Crippen LogP contribution in [0.3, 0.4) is 0 Å². The lowest BCUT2D eigenvalue weighted by molar-refractivity contribution is 0.0999. The Morgan fingerprint density at radius 3 is 3.00 bits per heavy atom. The van der Waals surface area contributed by atoms with Gasteiger partial charge >= 0.3 is 0 Å². The van der Waals surface area contributed by atoms with Crippen LogP contribution in [-0.2, 0) is 0 Å². The summed E-state index contributed by atoms with van der Waals surface area (Å²) >= 11 is 5.57. The number of Topliss-reactive ketones (excluding diaryl/α,β-unsaturated/α-hetero) is 1. The van der Waals surface area contributed by atoms with Gasteiger partial charge in [0.2, 0.25) is 0 Å². The Bertz CT molecular complexity index is 445. The summed E-state index contributed by atoms with van der Waals surface area (Å²) in [5.74, 6) is 0.266. The van der Waals surface area contributed by atoms with E-state index in [2.05, 4.69) is 0 Å². The maximum atomic E-state index is 12.3. The molecule has 2 nitrogen and oxygen atoms in total. The molecule has 0 bridgehead atoms. The van der Waals surface area contributed by atoms with Crippen molar-refractivity contribution in [3.05, 3.63) is 34.9 Å². The summed E-state index contributed by atoms with van der Waals surface area (Å²) < 4.78 is 17.6. The highest BCUT2D eigenvalue weighted by Gasteiger charge is 2.23. The molecule has 1 aliphatic rings. The molecule has 0 spiro atoms. The molecule has 0 atom stereocenters. The molecule has 0 fully saturated rings. The Labute approximate surface area is 95.4 Å². The summed E-state index contributed by atoms with van der Waals surface area (Å²) in [6.07, 6.45) is 0. The molecule has 0 radical (unpaired) electrons. The quantitative estimate of drug-likeness (QED) is 0.709. The van der Waals surface area contributed by atoms with Crippen LogP contribution in [0.5, 0.6) is 5.75 Å². The van der Waals surface area contributed by atoms with E-state index < -0.39 is 0 Å².